The van der Waals surface area contributed by atoms with Gasteiger partial charge in [-0.25, -0.2) is 13.8 Å². The van der Waals surface area contributed by atoms with E-state index in [2.05, 4.69) is 10.3 Å². The molecule has 88 valence electrons. The van der Waals surface area contributed by atoms with Crippen molar-refractivity contribution in [1.29, 1.82) is 0 Å². The van der Waals surface area contributed by atoms with Gasteiger partial charge in [0.15, 0.2) is 0 Å². The van der Waals surface area contributed by atoms with E-state index in [-0.39, 0.29) is 11.5 Å². The van der Waals surface area contributed by atoms with Crippen molar-refractivity contribution in [3.63, 3.8) is 0 Å². The van der Waals surface area contributed by atoms with Crippen molar-refractivity contribution in [2.45, 2.75) is 5.92 Å². The van der Waals surface area contributed by atoms with Gasteiger partial charge in [0.25, 0.3) is 11.6 Å². The highest BCUT2D eigenvalue weighted by molar-refractivity contribution is 5.40. The van der Waals surface area contributed by atoms with E-state index < -0.39 is 23.9 Å². The molecule has 3 N–H and O–H groups in total. The molecule has 0 radical (unpaired) electrons. The predicted molar refractivity (Wildman–Crippen MR) is 53.4 cm³/mol. The van der Waals surface area contributed by atoms with E-state index in [1.54, 1.807) is 0 Å². The van der Waals surface area contributed by atoms with E-state index in [1.807, 2.05) is 0 Å². The molecule has 1 rings (SSSR count). The van der Waals surface area contributed by atoms with Crippen molar-refractivity contribution in [3.05, 3.63) is 28.4 Å². The summed E-state index contributed by atoms with van der Waals surface area (Å²) in [7, 11) is 0. The number of nitrogens with zero attached hydrogens (tertiary/aromatic N) is 2. The summed E-state index contributed by atoms with van der Waals surface area (Å²) in [6.07, 6.45) is 0.989. The molecule has 8 heteroatoms. The summed E-state index contributed by atoms with van der Waals surface area (Å²) in [4.78, 5) is 13.3. The third kappa shape index (κ3) is 3.39. The Morgan fingerprint density at radius 2 is 2.25 bits per heavy atom. The molecule has 0 saturated carbocycles. The largest absolute Gasteiger partial charge is 0.364 e. The van der Waals surface area contributed by atoms with Crippen molar-refractivity contribution in [3.8, 4) is 0 Å². The Labute approximate surface area is 89.6 Å². The zero-order valence-corrected chi connectivity index (χ0v) is 8.19. The van der Waals surface area contributed by atoms with Crippen LogP contribution >= 0.6 is 0 Å². The van der Waals surface area contributed by atoms with Gasteiger partial charge in [-0.15, -0.1) is 0 Å². The Balaban J connectivity index is 2.59. The molecule has 0 spiro atoms. The second kappa shape index (κ2) is 4.79. The van der Waals surface area contributed by atoms with Gasteiger partial charge >= 0.3 is 0 Å². The highest BCUT2D eigenvalue weighted by atomic mass is 19.3. The van der Waals surface area contributed by atoms with Crippen molar-refractivity contribution in [1.82, 2.24) is 4.98 Å². The van der Waals surface area contributed by atoms with E-state index in [0.29, 0.717) is 0 Å². The van der Waals surface area contributed by atoms with Crippen LogP contribution in [0.2, 0.25) is 0 Å². The number of anilines is 1. The van der Waals surface area contributed by atoms with E-state index in [9.17, 15) is 18.9 Å². The third-order valence-electron chi connectivity index (χ3n) is 1.79. The van der Waals surface area contributed by atoms with Gasteiger partial charge < -0.3 is 11.1 Å². The minimum atomic E-state index is -3.02. The molecule has 1 heterocycles. The molecule has 0 aliphatic heterocycles. The molecule has 6 nitrogen and oxygen atoms in total. The smallest absolute Gasteiger partial charge is 0.287 e. The standard InChI is InChI=1S/C8H10F2N4O2/c9-8(10,4-11)5-13-7-2-1-6(3-12-7)14(15)16/h1-3H,4-5,11H2,(H,12,13). The second-order valence-electron chi connectivity index (χ2n) is 3.07. The zero-order chi connectivity index (χ0) is 12.2. The van der Waals surface area contributed by atoms with Crippen LogP contribution in [0.25, 0.3) is 0 Å². The van der Waals surface area contributed by atoms with Gasteiger partial charge in [-0.3, -0.25) is 10.1 Å². The SMILES string of the molecule is NCC(F)(F)CNc1ccc([N+](=O)[O-])cn1. The number of rotatable bonds is 5. The van der Waals surface area contributed by atoms with Crippen LogP contribution in [0.1, 0.15) is 0 Å². The number of aromatic nitrogens is 1. The molecule has 0 bridgehead atoms. The number of nitrogens with two attached hydrogens (primary N) is 1. The lowest BCUT2D eigenvalue weighted by atomic mass is 10.3. The van der Waals surface area contributed by atoms with Crippen molar-refractivity contribution in [2.75, 3.05) is 18.4 Å². The topological polar surface area (TPSA) is 94.1 Å². The van der Waals surface area contributed by atoms with Crippen LogP contribution in [-0.4, -0.2) is 28.9 Å². The monoisotopic (exact) mass is 232 g/mol. The number of pyridine rings is 1. The van der Waals surface area contributed by atoms with Crippen LogP contribution in [0.3, 0.4) is 0 Å². The number of nitrogens with one attached hydrogen (secondary N) is 1. The minimum absolute atomic E-state index is 0.138. The summed E-state index contributed by atoms with van der Waals surface area (Å²) < 4.78 is 25.4. The minimum Gasteiger partial charge on any atom is -0.364 e. The fraction of sp³-hybridized carbons (Fsp3) is 0.375. The normalized spacial score (nSPS) is 11.2. The summed E-state index contributed by atoms with van der Waals surface area (Å²) in [6.45, 7) is -1.43. The molecule has 0 fully saturated rings. The molecule has 0 saturated heterocycles. The highest BCUT2D eigenvalue weighted by Gasteiger charge is 2.26. The van der Waals surface area contributed by atoms with Gasteiger partial charge in [-0.2, -0.15) is 0 Å². The van der Waals surface area contributed by atoms with Crippen LogP contribution in [0.15, 0.2) is 18.3 Å². The molecular weight excluding hydrogens is 222 g/mol. The molecule has 0 aliphatic carbocycles. The second-order valence-corrected chi connectivity index (χ2v) is 3.07. The Kier molecular flexibility index (Phi) is 3.67. The molecule has 0 atom stereocenters. The quantitative estimate of drug-likeness (QED) is 0.583. The van der Waals surface area contributed by atoms with Crippen LogP contribution in [-0.2, 0) is 0 Å². The lowest BCUT2D eigenvalue weighted by Crippen LogP contribution is -2.35. The zero-order valence-electron chi connectivity index (χ0n) is 8.19. The summed E-state index contributed by atoms with van der Waals surface area (Å²) in [5.41, 5.74) is 4.64. The Morgan fingerprint density at radius 3 is 2.69 bits per heavy atom. The Hall–Kier alpha value is -1.83. The number of hydrogen-bond acceptors (Lipinski definition) is 5. The number of hydrogen-bond donors (Lipinski definition) is 2. The van der Waals surface area contributed by atoms with E-state index in [4.69, 9.17) is 5.73 Å². The maximum absolute atomic E-state index is 12.7. The average molecular weight is 232 g/mol. The first-order chi connectivity index (χ1) is 7.44. The molecule has 0 aromatic carbocycles. The maximum atomic E-state index is 12.7. The lowest BCUT2D eigenvalue weighted by Gasteiger charge is -2.14. The molecule has 0 aliphatic rings. The predicted octanol–water partition coefficient (Wildman–Crippen LogP) is 0.996. The fourth-order valence-electron chi connectivity index (χ4n) is 0.891. The Bertz CT molecular complexity index is 369. The van der Waals surface area contributed by atoms with Gasteiger partial charge in [0.05, 0.1) is 18.0 Å². The van der Waals surface area contributed by atoms with Gasteiger partial charge in [0.2, 0.25) is 0 Å². The summed E-state index contributed by atoms with van der Waals surface area (Å²) in [5.74, 6) is -2.89. The molecular formula is C8H10F2N4O2. The van der Waals surface area contributed by atoms with E-state index in [0.717, 1.165) is 6.20 Å². The van der Waals surface area contributed by atoms with Crippen LogP contribution in [0.5, 0.6) is 0 Å². The van der Waals surface area contributed by atoms with Crippen molar-refractivity contribution >= 4 is 11.5 Å². The third-order valence-corrected chi connectivity index (χ3v) is 1.79. The first kappa shape index (κ1) is 12.2. The number of alkyl halides is 2. The molecule has 1 aromatic rings. The highest BCUT2D eigenvalue weighted by Crippen LogP contribution is 2.15. The first-order valence-corrected chi connectivity index (χ1v) is 4.37. The van der Waals surface area contributed by atoms with Gasteiger partial charge in [0.1, 0.15) is 12.0 Å². The van der Waals surface area contributed by atoms with Crippen molar-refractivity contribution < 1.29 is 13.7 Å². The molecule has 0 amide bonds. The first-order valence-electron chi connectivity index (χ1n) is 4.37. The molecule has 0 unspecified atom stereocenters. The maximum Gasteiger partial charge on any atom is 0.287 e. The Morgan fingerprint density at radius 1 is 1.56 bits per heavy atom. The van der Waals surface area contributed by atoms with Gasteiger partial charge in [-0.1, -0.05) is 0 Å². The van der Waals surface area contributed by atoms with E-state index >= 15 is 0 Å². The van der Waals surface area contributed by atoms with E-state index in [1.165, 1.54) is 12.1 Å². The number of halogens is 2. The number of nitro groups is 1. The lowest BCUT2D eigenvalue weighted by molar-refractivity contribution is -0.385. The van der Waals surface area contributed by atoms with Crippen LogP contribution in [0, 0.1) is 10.1 Å². The summed E-state index contributed by atoms with van der Waals surface area (Å²) in [6, 6.07) is 2.43. The van der Waals surface area contributed by atoms with Crippen LogP contribution in [0.4, 0.5) is 20.3 Å². The molecule has 16 heavy (non-hydrogen) atoms. The molecule has 1 aromatic heterocycles. The summed E-state index contributed by atoms with van der Waals surface area (Å²) >= 11 is 0. The average Bonchev–Trinajstić information content (AvgIpc) is 2.27. The van der Waals surface area contributed by atoms with Gasteiger partial charge in [-0.05, 0) is 6.07 Å². The van der Waals surface area contributed by atoms with Gasteiger partial charge in [0, 0.05) is 6.07 Å². The fourth-order valence-corrected chi connectivity index (χ4v) is 0.891. The van der Waals surface area contributed by atoms with Crippen molar-refractivity contribution in [2.24, 2.45) is 5.73 Å². The van der Waals surface area contributed by atoms with Crippen LogP contribution < -0.4 is 11.1 Å². The summed E-state index contributed by atoms with van der Waals surface area (Å²) in [5, 5.41) is 12.6.